The summed E-state index contributed by atoms with van der Waals surface area (Å²) in [5.74, 6) is 2.50. The SMILES string of the molecule is CC1(C)CC(C(CCCCCCCCCCCCCCCCCOP(O)O)C2CC(C)(C)NC(C)(C)C2)CC(C)(C)N1. The molecule has 2 rings (SSSR count). The van der Waals surface area contributed by atoms with E-state index in [2.05, 4.69) is 66.0 Å². The summed E-state index contributed by atoms with van der Waals surface area (Å²) in [7, 11) is -2.17. The summed E-state index contributed by atoms with van der Waals surface area (Å²) in [5.41, 5.74) is 0.912. The fraction of sp³-hybridized carbons (Fsp3) is 1.00. The minimum atomic E-state index is -2.17. The average Bonchev–Trinajstić information content (AvgIpc) is 2.81. The van der Waals surface area contributed by atoms with Crippen LogP contribution in [-0.2, 0) is 4.52 Å². The molecule has 2 heterocycles. The molecule has 5 nitrogen and oxygen atoms in total. The molecule has 0 amide bonds. The third kappa shape index (κ3) is 16.5. The molecule has 6 heteroatoms. The van der Waals surface area contributed by atoms with Gasteiger partial charge in [0.15, 0.2) is 0 Å². The van der Waals surface area contributed by atoms with Crippen LogP contribution in [-0.4, -0.2) is 38.5 Å². The van der Waals surface area contributed by atoms with Crippen LogP contribution in [0.3, 0.4) is 0 Å². The van der Waals surface area contributed by atoms with Crippen molar-refractivity contribution in [2.24, 2.45) is 17.8 Å². The minimum absolute atomic E-state index is 0.228. The summed E-state index contributed by atoms with van der Waals surface area (Å²) in [5, 5.41) is 7.90. The summed E-state index contributed by atoms with van der Waals surface area (Å²) < 4.78 is 4.81. The number of rotatable bonds is 21. The van der Waals surface area contributed by atoms with Crippen LogP contribution in [0.1, 0.15) is 184 Å². The van der Waals surface area contributed by atoms with Gasteiger partial charge in [0.2, 0.25) is 0 Å². The highest BCUT2D eigenvalue weighted by Gasteiger charge is 2.46. The molecule has 0 radical (unpaired) electrons. The molecule has 2 saturated heterocycles. The van der Waals surface area contributed by atoms with Gasteiger partial charge in [-0.25, -0.2) is 0 Å². The summed E-state index contributed by atoms with van der Waals surface area (Å²) >= 11 is 0. The number of piperidine rings is 2. The molecule has 0 aliphatic carbocycles. The van der Waals surface area contributed by atoms with Gasteiger partial charge >= 0.3 is 8.60 Å². The van der Waals surface area contributed by atoms with Crippen molar-refractivity contribution in [3.05, 3.63) is 0 Å². The molecular weight excluding hydrogens is 539 g/mol. The normalized spacial score (nSPS) is 22.3. The van der Waals surface area contributed by atoms with Gasteiger partial charge in [-0.2, -0.15) is 0 Å². The third-order valence-electron chi connectivity index (χ3n) is 10.0. The van der Waals surface area contributed by atoms with Crippen LogP contribution in [0.5, 0.6) is 0 Å². The molecule has 0 aromatic heterocycles. The fourth-order valence-corrected chi connectivity index (χ4v) is 9.48. The Morgan fingerprint density at radius 1 is 0.524 bits per heavy atom. The molecule has 0 unspecified atom stereocenters. The molecule has 42 heavy (non-hydrogen) atoms. The average molecular weight is 613 g/mol. The highest BCUT2D eigenvalue weighted by molar-refractivity contribution is 7.39. The predicted molar refractivity (Wildman–Crippen MR) is 183 cm³/mol. The predicted octanol–water partition coefficient (Wildman–Crippen LogP) is 10.2. The Labute approximate surface area is 263 Å². The van der Waals surface area contributed by atoms with E-state index >= 15 is 0 Å². The van der Waals surface area contributed by atoms with Crippen LogP contribution >= 0.6 is 8.60 Å². The molecule has 2 fully saturated rings. The standard InChI is InChI=1S/C36H73N2O3P/c1-33(2)26-30(27-34(3,4)37-33)32(31-28-35(5,6)38-36(7,8)29-31)24-22-20-18-16-14-12-10-9-11-13-15-17-19-21-23-25-41-42(39)40/h30-32,37-40H,9-29H2,1-8H3. The van der Waals surface area contributed by atoms with Gasteiger partial charge in [0.1, 0.15) is 0 Å². The van der Waals surface area contributed by atoms with Gasteiger partial charge in [-0.1, -0.05) is 89.9 Å². The Kier molecular flexibility index (Phi) is 16.8. The lowest BCUT2D eigenvalue weighted by Gasteiger charge is -2.54. The van der Waals surface area contributed by atoms with Crippen LogP contribution in [0.2, 0.25) is 0 Å². The summed E-state index contributed by atoms with van der Waals surface area (Å²) in [6.45, 7) is 19.9. The monoisotopic (exact) mass is 613 g/mol. The Balaban J connectivity index is 1.63. The van der Waals surface area contributed by atoms with Crippen molar-refractivity contribution < 1.29 is 14.3 Å². The molecule has 0 aromatic carbocycles. The molecule has 2 aliphatic heterocycles. The van der Waals surface area contributed by atoms with E-state index in [1.807, 2.05) is 0 Å². The number of hydrogen-bond donors (Lipinski definition) is 4. The Morgan fingerprint density at radius 3 is 1.12 bits per heavy atom. The molecule has 0 atom stereocenters. The zero-order valence-corrected chi connectivity index (χ0v) is 30.2. The first-order valence-corrected chi connectivity index (χ1v) is 19.2. The van der Waals surface area contributed by atoms with E-state index in [0.29, 0.717) is 6.61 Å². The zero-order chi connectivity index (χ0) is 31.3. The first-order valence-electron chi connectivity index (χ1n) is 18.0. The van der Waals surface area contributed by atoms with Crippen LogP contribution in [0.4, 0.5) is 0 Å². The smallest absolute Gasteiger partial charge is 0.327 e. The molecule has 0 saturated carbocycles. The topological polar surface area (TPSA) is 73.8 Å². The van der Waals surface area contributed by atoms with Crippen molar-refractivity contribution in [1.29, 1.82) is 0 Å². The van der Waals surface area contributed by atoms with Gasteiger partial charge in [-0.05, 0) is 112 Å². The highest BCUT2D eigenvalue weighted by atomic mass is 31.2. The number of nitrogens with one attached hydrogen (secondary N) is 2. The van der Waals surface area contributed by atoms with Crippen LogP contribution in [0.15, 0.2) is 0 Å². The van der Waals surface area contributed by atoms with Gasteiger partial charge in [0, 0.05) is 22.2 Å². The summed E-state index contributed by atoms with van der Waals surface area (Å²) in [6, 6.07) is 0. The molecule has 2 aliphatic rings. The summed E-state index contributed by atoms with van der Waals surface area (Å²) in [6.07, 6.45) is 26.7. The zero-order valence-electron chi connectivity index (χ0n) is 29.3. The first-order chi connectivity index (χ1) is 19.6. The van der Waals surface area contributed by atoms with Crippen molar-refractivity contribution in [3.63, 3.8) is 0 Å². The first kappa shape index (κ1) is 38.4. The maximum absolute atomic E-state index is 8.73. The van der Waals surface area contributed by atoms with Gasteiger partial charge in [0.05, 0.1) is 6.61 Å². The second-order valence-corrected chi connectivity index (χ2v) is 17.7. The van der Waals surface area contributed by atoms with E-state index in [4.69, 9.17) is 14.3 Å². The lowest BCUT2D eigenvalue weighted by molar-refractivity contribution is 0.0206. The van der Waals surface area contributed by atoms with Crippen molar-refractivity contribution >= 4 is 8.60 Å². The van der Waals surface area contributed by atoms with E-state index in [0.717, 1.165) is 30.6 Å². The molecule has 0 aromatic rings. The quantitative estimate of drug-likeness (QED) is 0.0767. The van der Waals surface area contributed by atoms with Crippen LogP contribution in [0.25, 0.3) is 0 Å². The second kappa shape index (κ2) is 18.4. The maximum atomic E-state index is 8.73. The van der Waals surface area contributed by atoms with E-state index < -0.39 is 8.60 Å². The Hall–Kier alpha value is 0.230. The van der Waals surface area contributed by atoms with Gasteiger partial charge in [0.25, 0.3) is 0 Å². The highest BCUT2D eigenvalue weighted by Crippen LogP contribution is 2.47. The maximum Gasteiger partial charge on any atom is 0.327 e. The van der Waals surface area contributed by atoms with E-state index in [9.17, 15) is 0 Å². The van der Waals surface area contributed by atoms with Crippen molar-refractivity contribution in [1.82, 2.24) is 10.6 Å². The largest absolute Gasteiger partial charge is 0.328 e. The fourth-order valence-electron chi connectivity index (χ4n) is 9.19. The number of unbranched alkanes of at least 4 members (excludes halogenated alkanes) is 14. The third-order valence-corrected chi connectivity index (χ3v) is 10.5. The van der Waals surface area contributed by atoms with Crippen LogP contribution in [0, 0.1) is 17.8 Å². The summed E-state index contributed by atoms with van der Waals surface area (Å²) in [4.78, 5) is 17.5. The molecule has 4 N–H and O–H groups in total. The molecule has 0 spiro atoms. The lowest BCUT2D eigenvalue weighted by atomic mass is 9.61. The molecule has 250 valence electrons. The lowest BCUT2D eigenvalue weighted by Crippen LogP contribution is -2.61. The van der Waals surface area contributed by atoms with E-state index in [-0.39, 0.29) is 22.2 Å². The van der Waals surface area contributed by atoms with Crippen molar-refractivity contribution in [2.45, 2.75) is 206 Å². The second-order valence-electron chi connectivity index (χ2n) is 17.0. The number of hydrogen-bond acceptors (Lipinski definition) is 5. The Bertz CT molecular complexity index is 654. The van der Waals surface area contributed by atoms with Crippen molar-refractivity contribution in [2.75, 3.05) is 6.61 Å². The van der Waals surface area contributed by atoms with E-state index in [1.165, 1.54) is 116 Å². The van der Waals surface area contributed by atoms with Crippen molar-refractivity contribution in [3.8, 4) is 0 Å². The van der Waals surface area contributed by atoms with Gasteiger partial charge in [-0.3, -0.25) is 0 Å². The Morgan fingerprint density at radius 2 is 0.810 bits per heavy atom. The molecular formula is C36H73N2O3P. The van der Waals surface area contributed by atoms with E-state index in [1.54, 1.807) is 0 Å². The minimum Gasteiger partial charge on any atom is -0.328 e. The molecule has 0 bridgehead atoms. The van der Waals surface area contributed by atoms with Gasteiger partial charge < -0.3 is 24.9 Å². The van der Waals surface area contributed by atoms with Gasteiger partial charge in [-0.15, -0.1) is 0 Å². The van der Waals surface area contributed by atoms with Crippen LogP contribution < -0.4 is 10.6 Å².